The van der Waals surface area contributed by atoms with Crippen molar-refractivity contribution >= 4 is 10.5 Å². The van der Waals surface area contributed by atoms with Crippen LogP contribution in [0.15, 0.2) is 18.2 Å². The van der Waals surface area contributed by atoms with E-state index in [0.717, 1.165) is 37.7 Å². The monoisotopic (exact) mass is 343 g/mol. The first-order valence-corrected chi connectivity index (χ1v) is 8.54. The molecule has 3 radical (unpaired) electrons. The van der Waals surface area contributed by atoms with Crippen molar-refractivity contribution in [3.05, 3.63) is 35.4 Å². The highest BCUT2D eigenvalue weighted by Gasteiger charge is 2.30. The van der Waals surface area contributed by atoms with Crippen molar-refractivity contribution in [2.45, 2.75) is 58.3 Å². The molecular weight excluding hydrogens is 318 g/mol. The zero-order valence-electron chi connectivity index (χ0n) is 13.9. The SMILES string of the molecule is CCOC(CCCCCCc1ccc(F)c(F)c1)(O[Si])OCC. The van der Waals surface area contributed by atoms with Crippen LogP contribution < -0.4 is 0 Å². The van der Waals surface area contributed by atoms with Gasteiger partial charge in [-0.2, -0.15) is 0 Å². The van der Waals surface area contributed by atoms with Crippen molar-refractivity contribution in [1.82, 2.24) is 0 Å². The highest BCUT2D eigenvalue weighted by atomic mass is 28.2. The molecular formula is C17H25F2O3Si. The molecule has 23 heavy (non-hydrogen) atoms. The fraction of sp³-hybridized carbons (Fsp3) is 0.647. The predicted molar refractivity (Wildman–Crippen MR) is 86.0 cm³/mol. The molecule has 129 valence electrons. The summed E-state index contributed by atoms with van der Waals surface area (Å²) in [4.78, 5) is 0. The summed E-state index contributed by atoms with van der Waals surface area (Å²) in [5.74, 6) is -2.61. The third-order valence-electron chi connectivity index (χ3n) is 3.57. The molecule has 0 atom stereocenters. The summed E-state index contributed by atoms with van der Waals surface area (Å²) in [7, 11) is 3.04. The van der Waals surface area contributed by atoms with Crippen LogP contribution >= 0.6 is 0 Å². The second-order valence-corrected chi connectivity index (χ2v) is 5.52. The molecule has 0 unspecified atom stereocenters. The molecule has 0 bridgehead atoms. The minimum atomic E-state index is -1.03. The molecule has 0 N–H and O–H groups in total. The van der Waals surface area contributed by atoms with Gasteiger partial charge in [0, 0.05) is 19.6 Å². The Kier molecular flexibility index (Phi) is 9.55. The van der Waals surface area contributed by atoms with E-state index in [1.165, 1.54) is 12.1 Å². The second-order valence-electron chi connectivity index (χ2n) is 5.31. The summed E-state index contributed by atoms with van der Waals surface area (Å²) in [6, 6.07) is 4.07. The van der Waals surface area contributed by atoms with Crippen LogP contribution in [0.3, 0.4) is 0 Å². The van der Waals surface area contributed by atoms with Crippen LogP contribution in [0.1, 0.15) is 51.5 Å². The molecule has 1 aromatic rings. The number of hydrogen-bond donors (Lipinski definition) is 0. The van der Waals surface area contributed by atoms with Crippen LogP contribution in [0.25, 0.3) is 0 Å². The van der Waals surface area contributed by atoms with Gasteiger partial charge in [0.15, 0.2) is 11.6 Å². The molecule has 0 aliphatic rings. The van der Waals surface area contributed by atoms with E-state index in [1.807, 2.05) is 13.8 Å². The van der Waals surface area contributed by atoms with Gasteiger partial charge < -0.3 is 13.9 Å². The Morgan fingerprint density at radius 1 is 0.957 bits per heavy atom. The topological polar surface area (TPSA) is 27.7 Å². The zero-order chi connectivity index (χ0) is 17.1. The maximum Gasteiger partial charge on any atom is 0.272 e. The van der Waals surface area contributed by atoms with Crippen molar-refractivity contribution in [2.24, 2.45) is 0 Å². The van der Waals surface area contributed by atoms with E-state index in [1.54, 1.807) is 6.07 Å². The normalized spacial score (nSPS) is 11.9. The second kappa shape index (κ2) is 10.9. The molecule has 0 aromatic heterocycles. The Morgan fingerprint density at radius 2 is 1.61 bits per heavy atom. The Balaban J connectivity index is 2.26. The van der Waals surface area contributed by atoms with Crippen LogP contribution in [0.2, 0.25) is 0 Å². The number of rotatable bonds is 12. The number of aryl methyl sites for hydroxylation is 1. The highest BCUT2D eigenvalue weighted by molar-refractivity contribution is 5.98. The van der Waals surface area contributed by atoms with Crippen molar-refractivity contribution in [3.63, 3.8) is 0 Å². The quantitative estimate of drug-likeness (QED) is 0.322. The largest absolute Gasteiger partial charge is 0.371 e. The summed E-state index contributed by atoms with van der Waals surface area (Å²) in [6.45, 7) is 4.78. The van der Waals surface area contributed by atoms with Gasteiger partial charge >= 0.3 is 0 Å². The molecule has 6 heteroatoms. The lowest BCUT2D eigenvalue weighted by atomic mass is 10.0. The van der Waals surface area contributed by atoms with Crippen LogP contribution in [0, 0.1) is 11.6 Å². The van der Waals surface area contributed by atoms with Crippen LogP contribution in [-0.4, -0.2) is 29.7 Å². The maximum absolute atomic E-state index is 13.1. The van der Waals surface area contributed by atoms with Crippen molar-refractivity contribution in [2.75, 3.05) is 13.2 Å². The molecule has 0 fully saturated rings. The first kappa shape index (κ1) is 20.2. The van der Waals surface area contributed by atoms with Gasteiger partial charge in [0.1, 0.15) is 0 Å². The smallest absolute Gasteiger partial charge is 0.272 e. The summed E-state index contributed by atoms with van der Waals surface area (Å²) in [6.07, 6.45) is 5.17. The van der Waals surface area contributed by atoms with E-state index >= 15 is 0 Å². The molecule has 0 heterocycles. The molecule has 1 rings (SSSR count). The number of benzene rings is 1. The molecule has 0 aliphatic carbocycles. The van der Waals surface area contributed by atoms with Gasteiger partial charge in [0.05, 0.1) is 0 Å². The van der Waals surface area contributed by atoms with E-state index in [2.05, 4.69) is 10.5 Å². The third kappa shape index (κ3) is 7.08. The molecule has 0 saturated heterocycles. The minimum Gasteiger partial charge on any atom is -0.371 e. The summed E-state index contributed by atoms with van der Waals surface area (Å²) in [5, 5.41) is 0. The number of hydrogen-bond acceptors (Lipinski definition) is 3. The Labute approximate surface area is 140 Å². The molecule has 1 aromatic carbocycles. The van der Waals surface area contributed by atoms with Crippen molar-refractivity contribution in [3.8, 4) is 0 Å². The molecule has 0 saturated carbocycles. The van der Waals surface area contributed by atoms with Crippen molar-refractivity contribution < 1.29 is 22.7 Å². The third-order valence-corrected chi connectivity index (χ3v) is 3.88. The van der Waals surface area contributed by atoms with Gasteiger partial charge in [0.2, 0.25) is 0 Å². The first-order valence-electron chi connectivity index (χ1n) is 8.13. The van der Waals surface area contributed by atoms with Gasteiger partial charge in [-0.25, -0.2) is 8.78 Å². The Hall–Kier alpha value is -0.823. The highest BCUT2D eigenvalue weighted by Crippen LogP contribution is 2.23. The van der Waals surface area contributed by atoms with Gasteiger partial charge in [-0.1, -0.05) is 18.9 Å². The van der Waals surface area contributed by atoms with E-state index < -0.39 is 17.6 Å². The lowest BCUT2D eigenvalue weighted by Gasteiger charge is -2.31. The number of halogens is 2. The number of unbranched alkanes of at least 4 members (excludes halogenated alkanes) is 3. The van der Waals surface area contributed by atoms with Gasteiger partial charge in [-0.3, -0.25) is 0 Å². The fourth-order valence-corrected chi connectivity index (χ4v) is 2.68. The minimum absolute atomic E-state index is 0.501. The summed E-state index contributed by atoms with van der Waals surface area (Å²) < 4.78 is 42.2. The average molecular weight is 343 g/mol. The lowest BCUT2D eigenvalue weighted by Crippen LogP contribution is -2.38. The standard InChI is InChI=1S/C17H25F2O3Si/c1-3-20-17(22-23,21-4-2)12-8-6-5-7-9-14-10-11-15(18)16(19)13-14/h10-11,13H,3-9,12H2,1-2H3. The molecule has 0 amide bonds. The predicted octanol–water partition coefficient (Wildman–Crippen LogP) is 4.28. The molecule has 0 spiro atoms. The average Bonchev–Trinajstić information content (AvgIpc) is 2.54. The Morgan fingerprint density at radius 3 is 2.17 bits per heavy atom. The first-order chi connectivity index (χ1) is 11.1. The van der Waals surface area contributed by atoms with Gasteiger partial charge in [-0.15, -0.1) is 0 Å². The van der Waals surface area contributed by atoms with Crippen LogP contribution in [-0.2, 0) is 20.3 Å². The van der Waals surface area contributed by atoms with Gasteiger partial charge in [-0.05, 0) is 50.8 Å². The lowest BCUT2D eigenvalue weighted by molar-refractivity contribution is -0.344. The van der Waals surface area contributed by atoms with E-state index in [0.29, 0.717) is 19.6 Å². The van der Waals surface area contributed by atoms with Crippen molar-refractivity contribution in [1.29, 1.82) is 0 Å². The zero-order valence-corrected chi connectivity index (χ0v) is 14.9. The fourth-order valence-electron chi connectivity index (χ4n) is 2.46. The van der Waals surface area contributed by atoms with Crippen LogP contribution in [0.4, 0.5) is 8.78 Å². The van der Waals surface area contributed by atoms with Gasteiger partial charge in [0.25, 0.3) is 16.5 Å². The number of ether oxygens (including phenoxy) is 2. The van der Waals surface area contributed by atoms with E-state index in [-0.39, 0.29) is 0 Å². The van der Waals surface area contributed by atoms with Crippen LogP contribution in [0.5, 0.6) is 0 Å². The Bertz CT molecular complexity index is 451. The maximum atomic E-state index is 13.1. The summed E-state index contributed by atoms with van der Waals surface area (Å²) in [5.41, 5.74) is 0.824. The molecule has 0 aliphatic heterocycles. The van der Waals surface area contributed by atoms with E-state index in [9.17, 15) is 8.78 Å². The summed E-state index contributed by atoms with van der Waals surface area (Å²) >= 11 is 0. The molecule has 3 nitrogen and oxygen atoms in total. The van der Waals surface area contributed by atoms with E-state index in [4.69, 9.17) is 13.9 Å².